The Morgan fingerprint density at radius 1 is 1.12 bits per heavy atom. The van der Waals surface area contributed by atoms with Gasteiger partial charge in [-0.15, -0.1) is 11.3 Å². The quantitative estimate of drug-likeness (QED) is 0.457. The van der Waals surface area contributed by atoms with Crippen molar-refractivity contribution in [1.29, 1.82) is 0 Å². The van der Waals surface area contributed by atoms with Gasteiger partial charge in [0.2, 0.25) is 5.91 Å². The van der Waals surface area contributed by atoms with Gasteiger partial charge in [0, 0.05) is 24.3 Å². The van der Waals surface area contributed by atoms with E-state index in [1.807, 2.05) is 62.7 Å². The number of pyridine rings is 1. The minimum Gasteiger partial charge on any atom is -0.326 e. The molecule has 2 N–H and O–H groups in total. The SMILES string of the molecule is Cc1ccc(NC(=O)C2CC2)cc1NC(=O)c1cc(-c2cccs2)nc2c1c(C)nn2C. The molecule has 1 aromatic carbocycles. The van der Waals surface area contributed by atoms with E-state index < -0.39 is 0 Å². The molecule has 1 saturated carbocycles. The molecule has 0 bridgehead atoms. The van der Waals surface area contributed by atoms with Crippen LogP contribution in [0.2, 0.25) is 0 Å². The van der Waals surface area contributed by atoms with Crippen LogP contribution in [0.15, 0.2) is 41.8 Å². The van der Waals surface area contributed by atoms with Crippen LogP contribution in [0.5, 0.6) is 0 Å². The van der Waals surface area contributed by atoms with Crippen molar-refractivity contribution in [2.75, 3.05) is 10.6 Å². The number of hydrogen-bond donors (Lipinski definition) is 2. The van der Waals surface area contributed by atoms with Crippen LogP contribution in [0.4, 0.5) is 11.4 Å². The summed E-state index contributed by atoms with van der Waals surface area (Å²) in [7, 11) is 1.83. The van der Waals surface area contributed by atoms with Crippen LogP contribution in [-0.2, 0) is 11.8 Å². The third-order valence-electron chi connectivity index (χ3n) is 5.69. The van der Waals surface area contributed by atoms with Gasteiger partial charge in [0.1, 0.15) is 0 Å². The third kappa shape index (κ3) is 3.78. The van der Waals surface area contributed by atoms with Crippen LogP contribution in [0.25, 0.3) is 21.6 Å². The second-order valence-electron chi connectivity index (χ2n) is 8.19. The average Bonchev–Trinajstić information content (AvgIpc) is 3.40. The van der Waals surface area contributed by atoms with Crippen LogP contribution in [0.1, 0.15) is 34.5 Å². The van der Waals surface area contributed by atoms with E-state index in [0.29, 0.717) is 22.6 Å². The van der Waals surface area contributed by atoms with Crippen molar-refractivity contribution in [3.8, 4) is 10.6 Å². The van der Waals surface area contributed by atoms with Crippen molar-refractivity contribution in [3.05, 3.63) is 58.6 Å². The molecule has 3 heterocycles. The molecular formula is C24H23N5O2S. The normalized spacial score (nSPS) is 13.3. The molecule has 1 aliphatic carbocycles. The Labute approximate surface area is 189 Å². The second-order valence-corrected chi connectivity index (χ2v) is 9.14. The number of nitrogens with one attached hydrogen (secondary N) is 2. The van der Waals surface area contributed by atoms with Crippen LogP contribution in [0, 0.1) is 19.8 Å². The van der Waals surface area contributed by atoms with E-state index in [2.05, 4.69) is 15.7 Å². The molecule has 4 aromatic rings. The molecule has 0 radical (unpaired) electrons. The summed E-state index contributed by atoms with van der Waals surface area (Å²) in [5.74, 6) is -0.0858. The lowest BCUT2D eigenvalue weighted by Gasteiger charge is -2.13. The Bertz CT molecular complexity index is 1350. The maximum Gasteiger partial charge on any atom is 0.256 e. The minimum atomic E-state index is -0.236. The number of amides is 2. The predicted octanol–water partition coefficient (Wildman–Crippen LogP) is 4.91. The summed E-state index contributed by atoms with van der Waals surface area (Å²) in [6.07, 6.45) is 1.88. The molecule has 1 fully saturated rings. The van der Waals surface area contributed by atoms with Gasteiger partial charge in [0.05, 0.1) is 27.2 Å². The number of hydrogen-bond acceptors (Lipinski definition) is 5. The summed E-state index contributed by atoms with van der Waals surface area (Å²) in [4.78, 5) is 31.3. The fourth-order valence-electron chi connectivity index (χ4n) is 3.79. The van der Waals surface area contributed by atoms with Gasteiger partial charge in [0.15, 0.2) is 5.65 Å². The van der Waals surface area contributed by atoms with Gasteiger partial charge in [-0.25, -0.2) is 4.98 Å². The van der Waals surface area contributed by atoms with E-state index in [1.165, 1.54) is 0 Å². The molecule has 0 atom stereocenters. The van der Waals surface area contributed by atoms with Gasteiger partial charge < -0.3 is 10.6 Å². The number of rotatable bonds is 5. The summed E-state index contributed by atoms with van der Waals surface area (Å²) in [5.41, 5.74) is 4.93. The van der Waals surface area contributed by atoms with Crippen LogP contribution >= 0.6 is 11.3 Å². The van der Waals surface area contributed by atoms with Crippen LogP contribution in [-0.4, -0.2) is 26.6 Å². The number of carbonyl (C=O) groups is 2. The first kappa shape index (κ1) is 20.4. The molecule has 7 nitrogen and oxygen atoms in total. The Kier molecular flexibility index (Phi) is 5.01. The first-order chi connectivity index (χ1) is 15.4. The molecule has 5 rings (SSSR count). The van der Waals surface area contributed by atoms with E-state index in [1.54, 1.807) is 16.0 Å². The highest BCUT2D eigenvalue weighted by Crippen LogP contribution is 2.32. The topological polar surface area (TPSA) is 88.9 Å². The van der Waals surface area contributed by atoms with Gasteiger partial charge in [-0.3, -0.25) is 14.3 Å². The number of thiophene rings is 1. The average molecular weight is 446 g/mol. The highest BCUT2D eigenvalue weighted by molar-refractivity contribution is 7.13. The second kappa shape index (κ2) is 7.87. The van der Waals surface area contributed by atoms with Crippen LogP contribution < -0.4 is 10.6 Å². The lowest BCUT2D eigenvalue weighted by Crippen LogP contribution is -2.16. The molecule has 1 aliphatic rings. The number of aryl methyl sites for hydroxylation is 3. The minimum absolute atomic E-state index is 0.0357. The number of nitrogens with zero attached hydrogens (tertiary/aromatic N) is 3. The van der Waals surface area contributed by atoms with Crippen molar-refractivity contribution >= 4 is 45.6 Å². The summed E-state index contributed by atoms with van der Waals surface area (Å²) < 4.78 is 1.71. The molecule has 2 amide bonds. The van der Waals surface area contributed by atoms with Crippen LogP contribution in [0.3, 0.4) is 0 Å². The molecule has 32 heavy (non-hydrogen) atoms. The molecule has 0 saturated heterocycles. The Morgan fingerprint density at radius 3 is 2.66 bits per heavy atom. The van der Waals surface area contributed by atoms with Crippen molar-refractivity contribution in [2.24, 2.45) is 13.0 Å². The molecule has 8 heteroatoms. The summed E-state index contributed by atoms with van der Waals surface area (Å²) >= 11 is 1.57. The fraction of sp³-hybridized carbons (Fsp3) is 0.250. The van der Waals surface area contributed by atoms with Gasteiger partial charge in [0.25, 0.3) is 5.91 Å². The largest absolute Gasteiger partial charge is 0.326 e. The van der Waals surface area contributed by atoms with E-state index >= 15 is 0 Å². The van der Waals surface area contributed by atoms with Gasteiger partial charge in [-0.05, 0) is 61.9 Å². The Balaban J connectivity index is 1.52. The van der Waals surface area contributed by atoms with Gasteiger partial charge in [-0.2, -0.15) is 5.10 Å². The molecule has 162 valence electrons. The number of anilines is 2. The van der Waals surface area contributed by atoms with E-state index in [4.69, 9.17) is 4.98 Å². The highest BCUT2D eigenvalue weighted by Gasteiger charge is 2.29. The Hall–Kier alpha value is -3.52. The summed E-state index contributed by atoms with van der Waals surface area (Å²) in [6.45, 7) is 3.81. The monoisotopic (exact) mass is 445 g/mol. The molecule has 0 unspecified atom stereocenters. The van der Waals surface area contributed by atoms with Crippen molar-refractivity contribution in [3.63, 3.8) is 0 Å². The first-order valence-corrected chi connectivity index (χ1v) is 11.4. The zero-order valence-corrected chi connectivity index (χ0v) is 18.9. The van der Waals surface area contributed by atoms with E-state index in [0.717, 1.165) is 40.1 Å². The summed E-state index contributed by atoms with van der Waals surface area (Å²) in [5, 5.41) is 13.2. The maximum absolute atomic E-state index is 13.5. The molecule has 0 aliphatic heterocycles. The lowest BCUT2D eigenvalue weighted by molar-refractivity contribution is -0.117. The highest BCUT2D eigenvalue weighted by atomic mass is 32.1. The van der Waals surface area contributed by atoms with Gasteiger partial charge >= 0.3 is 0 Å². The summed E-state index contributed by atoms with van der Waals surface area (Å²) in [6, 6.07) is 11.3. The predicted molar refractivity (Wildman–Crippen MR) is 127 cm³/mol. The standard InChI is InChI=1S/C24H23N5O2S/c1-13-6-9-16(25-23(30)15-7-8-15)11-18(13)27-24(31)17-12-19(20-5-4-10-32-20)26-22-21(17)14(2)28-29(22)3/h4-6,9-12,15H,7-8H2,1-3H3,(H,25,30)(H,27,31). The Morgan fingerprint density at radius 2 is 1.94 bits per heavy atom. The number of carbonyl (C=O) groups excluding carboxylic acids is 2. The number of aromatic nitrogens is 3. The fourth-order valence-corrected chi connectivity index (χ4v) is 4.47. The van der Waals surface area contributed by atoms with Crippen molar-refractivity contribution in [2.45, 2.75) is 26.7 Å². The smallest absolute Gasteiger partial charge is 0.256 e. The maximum atomic E-state index is 13.5. The lowest BCUT2D eigenvalue weighted by atomic mass is 10.1. The van der Waals surface area contributed by atoms with Gasteiger partial charge in [-0.1, -0.05) is 12.1 Å². The first-order valence-electron chi connectivity index (χ1n) is 10.5. The number of fused-ring (bicyclic) bond motifs is 1. The molecule has 3 aromatic heterocycles. The van der Waals surface area contributed by atoms with Crippen molar-refractivity contribution in [1.82, 2.24) is 14.8 Å². The zero-order chi connectivity index (χ0) is 22.4. The molecule has 0 spiro atoms. The number of benzene rings is 1. The van der Waals surface area contributed by atoms with Crippen molar-refractivity contribution < 1.29 is 9.59 Å². The third-order valence-corrected chi connectivity index (χ3v) is 6.58. The van der Waals surface area contributed by atoms with E-state index in [9.17, 15) is 9.59 Å². The van der Waals surface area contributed by atoms with E-state index in [-0.39, 0.29) is 17.7 Å². The molecular weight excluding hydrogens is 422 g/mol. The zero-order valence-electron chi connectivity index (χ0n) is 18.1.